The van der Waals surface area contributed by atoms with Crippen LogP contribution in [0.5, 0.6) is 5.88 Å². The molecule has 0 unspecified atom stereocenters. The van der Waals surface area contributed by atoms with E-state index < -0.39 is 16.6 Å². The number of hydrogen-bond donors (Lipinski definition) is 1. The highest BCUT2D eigenvalue weighted by molar-refractivity contribution is 5.88. The molecule has 1 aromatic heterocycles. The van der Waals surface area contributed by atoms with Crippen LogP contribution in [-0.2, 0) is 0 Å². The second kappa shape index (κ2) is 5.64. The van der Waals surface area contributed by atoms with Gasteiger partial charge in [0.15, 0.2) is 0 Å². The fourth-order valence-corrected chi connectivity index (χ4v) is 2.17. The Labute approximate surface area is 109 Å². The number of carbonyl (C=O) groups is 1. The summed E-state index contributed by atoms with van der Waals surface area (Å²) in [6, 6.07) is 0.972. The molecule has 1 aliphatic carbocycles. The minimum absolute atomic E-state index is 0.109. The molecule has 1 N–H and O–H groups in total. The number of hydrogen-bond acceptors (Lipinski definition) is 5. The lowest BCUT2D eigenvalue weighted by atomic mass is 10.1. The average Bonchev–Trinajstić information content (AvgIpc) is 2.89. The Bertz CT molecular complexity index is 497. The zero-order valence-corrected chi connectivity index (χ0v) is 10.2. The van der Waals surface area contributed by atoms with Crippen molar-refractivity contribution >= 4 is 11.7 Å². The molecule has 1 fully saturated rings. The average molecular weight is 266 g/mol. The monoisotopic (exact) mass is 266 g/mol. The van der Waals surface area contributed by atoms with Crippen LogP contribution in [0.15, 0.2) is 12.3 Å². The van der Waals surface area contributed by atoms with E-state index in [0.29, 0.717) is 12.5 Å². The van der Waals surface area contributed by atoms with Crippen LogP contribution in [0.25, 0.3) is 0 Å². The minimum Gasteiger partial charge on any atom is -0.478 e. The molecule has 102 valence electrons. The summed E-state index contributed by atoms with van der Waals surface area (Å²) >= 11 is 0. The summed E-state index contributed by atoms with van der Waals surface area (Å²) in [5.74, 6) is -0.958. The van der Waals surface area contributed by atoms with E-state index >= 15 is 0 Å². The maximum atomic E-state index is 10.9. The number of nitro groups is 1. The number of carboxylic acid groups (broad SMARTS) is 1. The number of carboxylic acids is 1. The van der Waals surface area contributed by atoms with Gasteiger partial charge in [-0.25, -0.2) is 9.78 Å². The van der Waals surface area contributed by atoms with Gasteiger partial charge in [-0.2, -0.15) is 0 Å². The Kier molecular flexibility index (Phi) is 3.94. The Hall–Kier alpha value is -2.18. The maximum Gasteiger partial charge on any atom is 0.337 e. The van der Waals surface area contributed by atoms with Crippen LogP contribution in [0, 0.1) is 16.0 Å². The van der Waals surface area contributed by atoms with Gasteiger partial charge in [0.05, 0.1) is 17.1 Å². The fraction of sp³-hybridized carbons (Fsp3) is 0.500. The molecular weight excluding hydrogens is 252 g/mol. The quantitative estimate of drug-likeness (QED) is 0.647. The van der Waals surface area contributed by atoms with E-state index in [2.05, 4.69) is 4.98 Å². The lowest BCUT2D eigenvalue weighted by Crippen LogP contribution is -2.11. The molecule has 1 saturated carbocycles. The first kappa shape index (κ1) is 13.3. The molecule has 0 spiro atoms. The van der Waals surface area contributed by atoms with Crippen LogP contribution in [0.2, 0.25) is 0 Å². The molecule has 0 radical (unpaired) electrons. The van der Waals surface area contributed by atoms with E-state index in [1.165, 1.54) is 0 Å². The number of rotatable bonds is 5. The summed E-state index contributed by atoms with van der Waals surface area (Å²) in [6.45, 7) is 0.389. The van der Waals surface area contributed by atoms with Gasteiger partial charge in [-0.05, 0) is 18.8 Å². The summed E-state index contributed by atoms with van der Waals surface area (Å²) in [7, 11) is 0. The van der Waals surface area contributed by atoms with E-state index in [-0.39, 0.29) is 11.4 Å². The first-order chi connectivity index (χ1) is 9.08. The maximum absolute atomic E-state index is 10.9. The number of ether oxygens (including phenoxy) is 1. The van der Waals surface area contributed by atoms with E-state index in [4.69, 9.17) is 9.84 Å². The van der Waals surface area contributed by atoms with Gasteiger partial charge < -0.3 is 9.84 Å². The standard InChI is InChI=1S/C12H14N2O5/c15-12(16)9-5-10(14(17)18)11(13-6-9)19-7-8-3-1-2-4-8/h5-6,8H,1-4,7H2,(H,15,16). The van der Waals surface area contributed by atoms with Crippen LogP contribution in [0.1, 0.15) is 36.0 Å². The van der Waals surface area contributed by atoms with Gasteiger partial charge in [-0.1, -0.05) is 12.8 Å². The summed E-state index contributed by atoms with van der Waals surface area (Å²) in [4.78, 5) is 24.7. The van der Waals surface area contributed by atoms with E-state index in [9.17, 15) is 14.9 Å². The summed E-state index contributed by atoms with van der Waals surface area (Å²) < 4.78 is 5.37. The zero-order valence-electron chi connectivity index (χ0n) is 10.2. The normalized spacial score (nSPS) is 15.4. The van der Waals surface area contributed by atoms with Gasteiger partial charge in [0.1, 0.15) is 0 Å². The molecule has 7 heteroatoms. The molecule has 0 aliphatic heterocycles. The Balaban J connectivity index is 2.14. The Morgan fingerprint density at radius 2 is 2.21 bits per heavy atom. The molecule has 0 amide bonds. The molecular formula is C12H14N2O5. The van der Waals surface area contributed by atoms with Crippen LogP contribution in [-0.4, -0.2) is 27.6 Å². The largest absolute Gasteiger partial charge is 0.478 e. The predicted molar refractivity (Wildman–Crippen MR) is 65.3 cm³/mol. The number of nitrogens with zero attached hydrogens (tertiary/aromatic N) is 2. The molecule has 1 aromatic rings. The topological polar surface area (TPSA) is 103 Å². The van der Waals surface area contributed by atoms with Gasteiger partial charge in [-0.3, -0.25) is 10.1 Å². The first-order valence-electron chi connectivity index (χ1n) is 6.08. The lowest BCUT2D eigenvalue weighted by molar-refractivity contribution is -0.386. The molecule has 2 rings (SSSR count). The highest BCUT2D eigenvalue weighted by Gasteiger charge is 2.22. The summed E-state index contributed by atoms with van der Waals surface area (Å²) in [5.41, 5.74) is -0.627. The first-order valence-corrected chi connectivity index (χ1v) is 6.08. The highest BCUT2D eigenvalue weighted by atomic mass is 16.6. The number of aromatic nitrogens is 1. The van der Waals surface area contributed by atoms with Crippen LogP contribution in [0.4, 0.5) is 5.69 Å². The third-order valence-corrected chi connectivity index (χ3v) is 3.21. The van der Waals surface area contributed by atoms with Gasteiger partial charge >= 0.3 is 11.7 Å². The van der Waals surface area contributed by atoms with Crippen LogP contribution in [0.3, 0.4) is 0 Å². The van der Waals surface area contributed by atoms with Crippen molar-refractivity contribution in [2.24, 2.45) is 5.92 Å². The van der Waals surface area contributed by atoms with Crippen molar-refractivity contribution in [2.45, 2.75) is 25.7 Å². The minimum atomic E-state index is -1.25. The Morgan fingerprint density at radius 3 is 2.79 bits per heavy atom. The summed E-state index contributed by atoms with van der Waals surface area (Å²) in [6.07, 6.45) is 5.49. The summed E-state index contributed by atoms with van der Waals surface area (Å²) in [5, 5.41) is 19.7. The van der Waals surface area contributed by atoms with E-state index in [1.807, 2.05) is 0 Å². The highest BCUT2D eigenvalue weighted by Crippen LogP contribution is 2.29. The van der Waals surface area contributed by atoms with Gasteiger partial charge in [0.2, 0.25) is 0 Å². The van der Waals surface area contributed by atoms with Crippen molar-refractivity contribution in [1.29, 1.82) is 0 Å². The predicted octanol–water partition coefficient (Wildman–Crippen LogP) is 2.26. The van der Waals surface area contributed by atoms with E-state index in [1.54, 1.807) is 0 Å². The van der Waals surface area contributed by atoms with Crippen LogP contribution >= 0.6 is 0 Å². The smallest absolute Gasteiger partial charge is 0.337 e. The molecule has 1 heterocycles. The van der Waals surface area contributed by atoms with Crippen molar-refractivity contribution in [2.75, 3.05) is 6.61 Å². The van der Waals surface area contributed by atoms with Gasteiger partial charge in [0, 0.05) is 12.3 Å². The molecule has 7 nitrogen and oxygen atoms in total. The molecule has 0 atom stereocenters. The molecule has 0 aromatic carbocycles. The van der Waals surface area contributed by atoms with Crippen molar-refractivity contribution in [1.82, 2.24) is 4.98 Å². The molecule has 19 heavy (non-hydrogen) atoms. The number of pyridine rings is 1. The van der Waals surface area contributed by atoms with Crippen molar-refractivity contribution < 1.29 is 19.6 Å². The Morgan fingerprint density at radius 1 is 1.53 bits per heavy atom. The third kappa shape index (κ3) is 3.18. The SMILES string of the molecule is O=C(O)c1cnc(OCC2CCCC2)c([N+](=O)[O-])c1. The zero-order chi connectivity index (χ0) is 13.8. The molecule has 0 saturated heterocycles. The molecule has 0 bridgehead atoms. The van der Waals surface area contributed by atoms with Crippen molar-refractivity contribution in [3.05, 3.63) is 27.9 Å². The van der Waals surface area contributed by atoms with E-state index in [0.717, 1.165) is 37.9 Å². The third-order valence-electron chi connectivity index (χ3n) is 3.21. The number of aromatic carboxylic acids is 1. The van der Waals surface area contributed by atoms with Crippen molar-refractivity contribution in [3.63, 3.8) is 0 Å². The van der Waals surface area contributed by atoms with Crippen molar-refractivity contribution in [3.8, 4) is 5.88 Å². The second-order valence-electron chi connectivity index (χ2n) is 4.57. The second-order valence-corrected chi connectivity index (χ2v) is 4.57. The van der Waals surface area contributed by atoms with Crippen LogP contribution < -0.4 is 4.74 Å². The van der Waals surface area contributed by atoms with Gasteiger partial charge in [0.25, 0.3) is 5.88 Å². The van der Waals surface area contributed by atoms with Gasteiger partial charge in [-0.15, -0.1) is 0 Å². The lowest BCUT2D eigenvalue weighted by Gasteiger charge is -2.10. The molecule has 1 aliphatic rings. The fourth-order valence-electron chi connectivity index (χ4n) is 2.17.